The zero-order chi connectivity index (χ0) is 21.5. The first-order chi connectivity index (χ1) is 14.4. The SMILES string of the molecule is Cc1ccc(CNC(=O)c2ccccc2NCC(=O)N(C)Cc2cnn(C)c2)cc1. The van der Waals surface area contributed by atoms with E-state index < -0.39 is 0 Å². The van der Waals surface area contributed by atoms with Gasteiger partial charge in [0, 0.05) is 44.6 Å². The molecule has 0 bridgehead atoms. The highest BCUT2D eigenvalue weighted by atomic mass is 16.2. The molecule has 2 aromatic carbocycles. The molecular formula is C23H27N5O2. The second-order valence-corrected chi connectivity index (χ2v) is 7.34. The van der Waals surface area contributed by atoms with Gasteiger partial charge in [-0.2, -0.15) is 5.10 Å². The molecule has 0 radical (unpaired) electrons. The van der Waals surface area contributed by atoms with E-state index in [1.807, 2.05) is 56.6 Å². The summed E-state index contributed by atoms with van der Waals surface area (Å²) in [6.45, 7) is 3.05. The van der Waals surface area contributed by atoms with E-state index in [9.17, 15) is 9.59 Å². The molecule has 1 aromatic heterocycles. The van der Waals surface area contributed by atoms with E-state index in [0.29, 0.717) is 24.3 Å². The van der Waals surface area contributed by atoms with Crippen LogP contribution in [0.1, 0.15) is 27.0 Å². The quantitative estimate of drug-likeness (QED) is 0.604. The normalized spacial score (nSPS) is 10.5. The van der Waals surface area contributed by atoms with E-state index >= 15 is 0 Å². The van der Waals surface area contributed by atoms with Gasteiger partial charge in [0.2, 0.25) is 5.91 Å². The predicted octanol–water partition coefficient (Wildman–Crippen LogP) is 2.73. The largest absolute Gasteiger partial charge is 0.376 e. The average Bonchev–Trinajstić information content (AvgIpc) is 3.16. The van der Waals surface area contributed by atoms with Crippen LogP contribution in [-0.4, -0.2) is 40.1 Å². The third kappa shape index (κ3) is 5.70. The van der Waals surface area contributed by atoms with Crippen LogP contribution < -0.4 is 10.6 Å². The third-order valence-corrected chi connectivity index (χ3v) is 4.78. The Morgan fingerprint density at radius 1 is 1.07 bits per heavy atom. The number of nitrogens with zero attached hydrogens (tertiary/aromatic N) is 3. The van der Waals surface area contributed by atoms with Gasteiger partial charge in [-0.05, 0) is 24.6 Å². The Labute approximate surface area is 176 Å². The van der Waals surface area contributed by atoms with E-state index in [1.165, 1.54) is 5.56 Å². The van der Waals surface area contributed by atoms with Gasteiger partial charge in [-0.25, -0.2) is 0 Å². The topological polar surface area (TPSA) is 79.3 Å². The van der Waals surface area contributed by atoms with Crippen LogP contribution in [0.5, 0.6) is 0 Å². The van der Waals surface area contributed by atoms with Crippen molar-refractivity contribution in [2.75, 3.05) is 18.9 Å². The lowest BCUT2D eigenvalue weighted by Crippen LogP contribution is -2.32. The minimum atomic E-state index is -0.185. The molecule has 3 rings (SSSR count). The molecule has 30 heavy (non-hydrogen) atoms. The summed E-state index contributed by atoms with van der Waals surface area (Å²) < 4.78 is 1.71. The first kappa shape index (κ1) is 21.1. The van der Waals surface area contributed by atoms with Crippen LogP contribution in [0.2, 0.25) is 0 Å². The fourth-order valence-electron chi connectivity index (χ4n) is 3.04. The number of benzene rings is 2. The summed E-state index contributed by atoms with van der Waals surface area (Å²) in [6.07, 6.45) is 3.62. The zero-order valence-electron chi connectivity index (χ0n) is 17.6. The van der Waals surface area contributed by atoms with E-state index in [0.717, 1.165) is 11.1 Å². The van der Waals surface area contributed by atoms with Crippen molar-refractivity contribution in [2.24, 2.45) is 7.05 Å². The third-order valence-electron chi connectivity index (χ3n) is 4.78. The highest BCUT2D eigenvalue weighted by molar-refractivity contribution is 6.00. The summed E-state index contributed by atoms with van der Waals surface area (Å²) in [6, 6.07) is 15.2. The van der Waals surface area contributed by atoms with Crippen LogP contribution >= 0.6 is 0 Å². The van der Waals surface area contributed by atoms with Crippen molar-refractivity contribution >= 4 is 17.5 Å². The van der Waals surface area contributed by atoms with Crippen molar-refractivity contribution < 1.29 is 9.59 Å². The fourth-order valence-corrected chi connectivity index (χ4v) is 3.04. The molecule has 1 heterocycles. The molecule has 3 aromatic rings. The number of aryl methyl sites for hydroxylation is 2. The zero-order valence-corrected chi connectivity index (χ0v) is 17.6. The molecule has 0 aliphatic heterocycles. The summed E-state index contributed by atoms with van der Waals surface area (Å²) in [5.74, 6) is -0.261. The molecule has 156 valence electrons. The smallest absolute Gasteiger partial charge is 0.253 e. The second-order valence-electron chi connectivity index (χ2n) is 7.34. The maximum absolute atomic E-state index is 12.7. The molecule has 0 aliphatic rings. The Kier molecular flexibility index (Phi) is 6.85. The highest BCUT2D eigenvalue weighted by Gasteiger charge is 2.14. The average molecular weight is 406 g/mol. The van der Waals surface area contributed by atoms with Crippen molar-refractivity contribution in [1.82, 2.24) is 20.0 Å². The van der Waals surface area contributed by atoms with Crippen molar-refractivity contribution in [3.05, 3.63) is 83.2 Å². The molecule has 2 amide bonds. The molecule has 2 N–H and O–H groups in total. The Balaban J connectivity index is 1.56. The maximum atomic E-state index is 12.7. The minimum absolute atomic E-state index is 0.0753. The van der Waals surface area contributed by atoms with Gasteiger partial charge in [-0.1, -0.05) is 42.0 Å². The van der Waals surface area contributed by atoms with Gasteiger partial charge in [0.25, 0.3) is 5.91 Å². The highest BCUT2D eigenvalue weighted by Crippen LogP contribution is 2.15. The number of carbonyl (C=O) groups is 2. The number of aromatic nitrogens is 2. The minimum Gasteiger partial charge on any atom is -0.376 e. The lowest BCUT2D eigenvalue weighted by molar-refractivity contribution is -0.128. The number of anilines is 1. The van der Waals surface area contributed by atoms with E-state index in [-0.39, 0.29) is 18.4 Å². The Bertz CT molecular complexity index is 1010. The van der Waals surface area contributed by atoms with Gasteiger partial charge < -0.3 is 15.5 Å². The van der Waals surface area contributed by atoms with Gasteiger partial charge in [-0.15, -0.1) is 0 Å². The summed E-state index contributed by atoms with van der Waals surface area (Å²) in [7, 11) is 3.59. The van der Waals surface area contributed by atoms with Crippen LogP contribution in [0, 0.1) is 6.92 Å². The number of nitrogens with one attached hydrogen (secondary N) is 2. The number of likely N-dealkylation sites (N-methyl/N-ethyl adjacent to an activating group) is 1. The van der Waals surface area contributed by atoms with Gasteiger partial charge in [-0.3, -0.25) is 14.3 Å². The van der Waals surface area contributed by atoms with Gasteiger partial charge in [0.15, 0.2) is 0 Å². The first-order valence-electron chi connectivity index (χ1n) is 9.80. The summed E-state index contributed by atoms with van der Waals surface area (Å²) in [4.78, 5) is 26.8. The lowest BCUT2D eigenvalue weighted by Gasteiger charge is -2.18. The molecule has 0 spiro atoms. The van der Waals surface area contributed by atoms with Crippen molar-refractivity contribution in [2.45, 2.75) is 20.0 Å². The lowest BCUT2D eigenvalue weighted by atomic mass is 10.1. The fraction of sp³-hybridized carbons (Fsp3) is 0.261. The standard InChI is InChI=1S/C23H27N5O2/c1-17-8-10-18(11-9-17)12-25-23(30)20-6-4-5-7-21(20)24-14-22(29)27(2)15-19-13-26-28(3)16-19/h4-11,13,16,24H,12,14-15H2,1-3H3,(H,25,30). The Morgan fingerprint density at radius 2 is 1.80 bits per heavy atom. The molecule has 0 aliphatic carbocycles. The first-order valence-corrected chi connectivity index (χ1v) is 9.80. The van der Waals surface area contributed by atoms with Crippen LogP contribution in [0.15, 0.2) is 60.9 Å². The van der Waals surface area contributed by atoms with Crippen molar-refractivity contribution in [3.63, 3.8) is 0 Å². The van der Waals surface area contributed by atoms with E-state index in [2.05, 4.69) is 15.7 Å². The molecular weight excluding hydrogens is 378 g/mol. The van der Waals surface area contributed by atoms with Gasteiger partial charge in [0.1, 0.15) is 0 Å². The number of hydrogen-bond donors (Lipinski definition) is 2. The monoisotopic (exact) mass is 405 g/mol. The predicted molar refractivity (Wildman–Crippen MR) is 117 cm³/mol. The number of para-hydroxylation sites is 1. The van der Waals surface area contributed by atoms with Gasteiger partial charge in [0.05, 0.1) is 18.3 Å². The maximum Gasteiger partial charge on any atom is 0.253 e. The van der Waals surface area contributed by atoms with Gasteiger partial charge >= 0.3 is 0 Å². The van der Waals surface area contributed by atoms with Crippen molar-refractivity contribution in [1.29, 1.82) is 0 Å². The van der Waals surface area contributed by atoms with E-state index in [1.54, 1.807) is 35.0 Å². The summed E-state index contributed by atoms with van der Waals surface area (Å²) >= 11 is 0. The molecule has 0 fully saturated rings. The molecule has 0 saturated carbocycles. The van der Waals surface area contributed by atoms with Crippen LogP contribution in [-0.2, 0) is 24.9 Å². The summed E-state index contributed by atoms with van der Waals surface area (Å²) in [5.41, 5.74) is 4.31. The van der Waals surface area contributed by atoms with Crippen LogP contribution in [0.4, 0.5) is 5.69 Å². The second kappa shape index (κ2) is 9.73. The van der Waals surface area contributed by atoms with Crippen LogP contribution in [0.25, 0.3) is 0 Å². The molecule has 7 nitrogen and oxygen atoms in total. The number of carbonyl (C=O) groups excluding carboxylic acids is 2. The summed E-state index contributed by atoms with van der Waals surface area (Å²) in [5, 5.41) is 10.2. The molecule has 0 saturated heterocycles. The molecule has 7 heteroatoms. The van der Waals surface area contributed by atoms with Crippen molar-refractivity contribution in [3.8, 4) is 0 Å². The molecule has 0 unspecified atom stereocenters. The molecule has 0 atom stereocenters. The van der Waals surface area contributed by atoms with Crippen LogP contribution in [0.3, 0.4) is 0 Å². The number of amides is 2. The Hall–Kier alpha value is -3.61. The Morgan fingerprint density at radius 3 is 2.50 bits per heavy atom. The van der Waals surface area contributed by atoms with E-state index in [4.69, 9.17) is 0 Å². The number of hydrogen-bond acceptors (Lipinski definition) is 4. The number of rotatable bonds is 8.